The van der Waals surface area contributed by atoms with Crippen molar-refractivity contribution in [2.75, 3.05) is 20.8 Å². The van der Waals surface area contributed by atoms with Gasteiger partial charge in [-0.25, -0.2) is 0 Å². The lowest BCUT2D eigenvalue weighted by Gasteiger charge is -2.18. The highest BCUT2D eigenvalue weighted by molar-refractivity contribution is 7.00. The maximum atomic E-state index is 13.0. The summed E-state index contributed by atoms with van der Waals surface area (Å²) < 4.78 is 24.0. The number of esters is 1. The molecule has 6 nitrogen and oxygen atoms in total. The van der Waals surface area contributed by atoms with Gasteiger partial charge in [0.05, 0.1) is 20.8 Å². The molecule has 0 bridgehead atoms. The molecule has 0 aliphatic heterocycles. The summed E-state index contributed by atoms with van der Waals surface area (Å²) >= 11 is 0. The van der Waals surface area contributed by atoms with Crippen LogP contribution in [0, 0.1) is 5.92 Å². The molecule has 2 unspecified atom stereocenters. The van der Waals surface area contributed by atoms with Gasteiger partial charge in [0.1, 0.15) is 23.0 Å². The summed E-state index contributed by atoms with van der Waals surface area (Å²) in [5.41, 5.74) is 0.302. The Morgan fingerprint density at radius 3 is 2.00 bits per heavy atom. The third-order valence-electron chi connectivity index (χ3n) is 3.86. The molecule has 0 saturated carbocycles. The van der Waals surface area contributed by atoms with Crippen LogP contribution in [0.15, 0.2) is 18.2 Å². The summed E-state index contributed by atoms with van der Waals surface area (Å²) in [4.78, 5) is 25.4. The van der Waals surface area contributed by atoms with E-state index in [0.29, 0.717) is 30.1 Å². The van der Waals surface area contributed by atoms with Crippen LogP contribution >= 0.6 is 9.12 Å². The Morgan fingerprint density at radius 1 is 1.00 bits per heavy atom. The van der Waals surface area contributed by atoms with Crippen LogP contribution in [-0.2, 0) is 14.1 Å². The van der Waals surface area contributed by atoms with E-state index in [0.717, 1.165) is 25.7 Å². The fourth-order valence-electron chi connectivity index (χ4n) is 2.45. The molecule has 2 atom stereocenters. The Morgan fingerprint density at radius 2 is 1.54 bits per heavy atom. The molecule has 0 aliphatic carbocycles. The van der Waals surface area contributed by atoms with Crippen molar-refractivity contribution in [3.8, 4) is 11.5 Å². The van der Waals surface area contributed by atoms with E-state index in [4.69, 9.17) is 18.8 Å². The summed E-state index contributed by atoms with van der Waals surface area (Å²) in [6, 6.07) is 5.12. The van der Waals surface area contributed by atoms with Crippen LogP contribution in [-0.4, -0.2) is 32.6 Å². The van der Waals surface area contributed by atoms with Crippen molar-refractivity contribution in [3.63, 3.8) is 0 Å². The minimum absolute atomic E-state index is 0.302. The molecule has 1 aromatic carbocycles. The fourth-order valence-corrected chi connectivity index (χ4v) is 2.45. The van der Waals surface area contributed by atoms with Crippen LogP contribution in [0.4, 0.5) is 0 Å². The largest absolute Gasteiger partial charge is 0.496 e. The van der Waals surface area contributed by atoms with E-state index < -0.39 is 11.9 Å². The van der Waals surface area contributed by atoms with Gasteiger partial charge in [-0.2, -0.15) is 0 Å². The summed E-state index contributed by atoms with van der Waals surface area (Å²) in [6.07, 6.45) is 3.85. The number of carbonyl (C=O) groups excluding carboxylic acids is 2. The molecule has 7 heteroatoms. The maximum Gasteiger partial charge on any atom is 0.316 e. The first-order valence-electron chi connectivity index (χ1n) is 8.76. The van der Waals surface area contributed by atoms with Gasteiger partial charge in [0.2, 0.25) is 0 Å². The van der Waals surface area contributed by atoms with Gasteiger partial charge in [-0.3, -0.25) is 9.59 Å². The van der Waals surface area contributed by atoms with Gasteiger partial charge in [0.25, 0.3) is 0 Å². The van der Waals surface area contributed by atoms with Gasteiger partial charge < -0.3 is 14.2 Å². The number of rotatable bonds is 11. The van der Waals surface area contributed by atoms with Gasteiger partial charge in [0.15, 0.2) is 5.78 Å². The minimum atomic E-state index is -0.827. The number of Topliss-reactive ketones (excluding diaryl/α,β-unsaturated/α-hetero) is 1. The van der Waals surface area contributed by atoms with E-state index in [-0.39, 0.29) is 5.78 Å². The first kappa shape index (κ1) is 24.1. The zero-order valence-electron chi connectivity index (χ0n) is 16.1. The number of unbranched alkanes of at least 4 members (excludes halogenated alkanes) is 2. The number of hydrogen-bond acceptors (Lipinski definition) is 6. The molecule has 0 spiro atoms. The SMILES string of the molecule is CCCCOC(=O)C(CCCC)C(=O)c1c(OC)cccc1OC.O=[PH2+]. The molecule has 0 aliphatic rings. The quantitative estimate of drug-likeness (QED) is 0.186. The van der Waals surface area contributed by atoms with Gasteiger partial charge in [0, 0.05) is 0 Å². The average Bonchev–Trinajstić information content (AvgIpc) is 2.69. The zero-order valence-corrected chi connectivity index (χ0v) is 17.2. The maximum absolute atomic E-state index is 13.0. The van der Waals surface area contributed by atoms with E-state index in [2.05, 4.69) is 0 Å². The van der Waals surface area contributed by atoms with Gasteiger partial charge in [-0.15, -0.1) is 0 Å². The number of benzene rings is 1. The Bertz CT molecular complexity index is 539. The number of hydrogen-bond donors (Lipinski definition) is 0. The Labute approximate surface area is 157 Å². The summed E-state index contributed by atoms with van der Waals surface area (Å²) in [7, 11) is 4.15. The average molecular weight is 385 g/mol. The fraction of sp³-hybridized carbons (Fsp3) is 0.579. The third-order valence-corrected chi connectivity index (χ3v) is 3.86. The second-order valence-electron chi connectivity index (χ2n) is 5.62. The van der Waals surface area contributed by atoms with Crippen molar-refractivity contribution >= 4 is 20.9 Å². The standard InChI is InChI=1S/C19H28O5.H2OP/c1-5-7-10-14(19(21)24-13-8-6-2)18(20)17-15(22-3)11-9-12-16(17)23-4;1-2/h9,11-12,14H,5-8,10,13H2,1-4H3;2H2/q;+1. The van der Waals surface area contributed by atoms with Crippen molar-refractivity contribution in [1.29, 1.82) is 0 Å². The number of carbonyl (C=O) groups is 2. The first-order chi connectivity index (χ1) is 12.6. The van der Waals surface area contributed by atoms with Crippen LogP contribution in [0.25, 0.3) is 0 Å². The predicted octanol–water partition coefficient (Wildman–Crippen LogP) is 4.24. The molecular formula is C19H30O6P+. The second-order valence-corrected chi connectivity index (χ2v) is 5.62. The number of methoxy groups -OCH3 is 2. The van der Waals surface area contributed by atoms with Crippen molar-refractivity contribution in [1.82, 2.24) is 0 Å². The molecule has 146 valence electrons. The normalized spacial score (nSPS) is 10.9. The molecule has 0 aromatic heterocycles. The van der Waals surface area contributed by atoms with Crippen LogP contribution in [0.5, 0.6) is 11.5 Å². The van der Waals surface area contributed by atoms with E-state index in [1.807, 2.05) is 13.8 Å². The highest BCUT2D eigenvalue weighted by Crippen LogP contribution is 2.32. The minimum Gasteiger partial charge on any atom is -0.496 e. The lowest BCUT2D eigenvalue weighted by atomic mass is 9.91. The molecule has 0 saturated heterocycles. The topological polar surface area (TPSA) is 78.9 Å². The van der Waals surface area contributed by atoms with Crippen molar-refractivity contribution < 1.29 is 28.4 Å². The van der Waals surface area contributed by atoms with E-state index in [1.165, 1.54) is 23.3 Å². The number of ether oxygens (including phenoxy) is 3. The molecular weight excluding hydrogens is 355 g/mol. The predicted molar refractivity (Wildman–Crippen MR) is 103 cm³/mol. The lowest BCUT2D eigenvalue weighted by Crippen LogP contribution is -2.27. The molecule has 0 amide bonds. The van der Waals surface area contributed by atoms with E-state index in [1.54, 1.807) is 18.2 Å². The second kappa shape index (κ2) is 14.3. The lowest BCUT2D eigenvalue weighted by molar-refractivity contribution is -0.147. The van der Waals surface area contributed by atoms with Gasteiger partial charge in [-0.05, 0) is 25.0 Å². The van der Waals surface area contributed by atoms with Crippen molar-refractivity contribution in [2.24, 2.45) is 5.92 Å². The zero-order chi connectivity index (χ0) is 19.9. The summed E-state index contributed by atoms with van der Waals surface area (Å²) in [5.74, 6) is -0.787. The van der Waals surface area contributed by atoms with Crippen molar-refractivity contribution in [3.05, 3.63) is 23.8 Å². The van der Waals surface area contributed by atoms with E-state index in [9.17, 15) is 9.59 Å². The molecule has 0 fully saturated rings. The Balaban J connectivity index is 0.00000301. The molecule has 0 heterocycles. The summed E-state index contributed by atoms with van der Waals surface area (Å²) in [5, 5.41) is 0. The van der Waals surface area contributed by atoms with Crippen LogP contribution in [0.1, 0.15) is 56.3 Å². The van der Waals surface area contributed by atoms with Crippen LogP contribution in [0.3, 0.4) is 0 Å². The van der Waals surface area contributed by atoms with Gasteiger partial charge in [-0.1, -0.05) is 43.7 Å². The monoisotopic (exact) mass is 385 g/mol. The highest BCUT2D eigenvalue weighted by Gasteiger charge is 2.32. The molecule has 26 heavy (non-hydrogen) atoms. The number of ketones is 1. The highest BCUT2D eigenvalue weighted by atomic mass is 31.0. The third kappa shape index (κ3) is 7.12. The smallest absolute Gasteiger partial charge is 0.316 e. The Hall–Kier alpha value is -1.94. The molecule has 1 rings (SSSR count). The van der Waals surface area contributed by atoms with E-state index >= 15 is 0 Å². The molecule has 0 N–H and O–H groups in total. The Kier molecular flexibility index (Phi) is 13.2. The first-order valence-corrected chi connectivity index (χ1v) is 9.23. The van der Waals surface area contributed by atoms with Gasteiger partial charge >= 0.3 is 15.1 Å². The summed E-state index contributed by atoms with van der Waals surface area (Å²) in [6.45, 7) is 4.38. The molecule has 1 aromatic rings. The van der Waals surface area contributed by atoms with Crippen LogP contribution in [0.2, 0.25) is 0 Å². The molecule has 0 radical (unpaired) electrons. The van der Waals surface area contributed by atoms with Crippen molar-refractivity contribution in [2.45, 2.75) is 46.0 Å². The van der Waals surface area contributed by atoms with Crippen LogP contribution < -0.4 is 9.47 Å².